The molecular weight excluding hydrogens is 245 g/mol. The Morgan fingerprint density at radius 1 is 1.26 bits per heavy atom. The average Bonchev–Trinajstić information content (AvgIpc) is 3.02. The highest BCUT2D eigenvalue weighted by Gasteiger charge is 2.21. The number of aryl methyl sites for hydroxylation is 1. The number of hydrogen-bond donors (Lipinski definition) is 1. The summed E-state index contributed by atoms with van der Waals surface area (Å²) in [6.07, 6.45) is 3.30. The third-order valence-electron chi connectivity index (χ3n) is 3.36. The van der Waals surface area contributed by atoms with E-state index in [1.807, 2.05) is 20.0 Å². The standard InChI is InChI=1S/C15H14FNO2/c1-9-12-7-11(16)3-4-13(12)19-15(9)14(17-2)10-5-6-18-8-10/h3-8,14,17H,1-2H3. The van der Waals surface area contributed by atoms with Gasteiger partial charge in [-0.2, -0.15) is 0 Å². The van der Waals surface area contributed by atoms with Crippen molar-refractivity contribution < 1.29 is 13.2 Å². The zero-order valence-corrected chi connectivity index (χ0v) is 10.7. The van der Waals surface area contributed by atoms with Gasteiger partial charge in [0.05, 0.1) is 18.6 Å². The van der Waals surface area contributed by atoms with E-state index in [0.717, 1.165) is 22.3 Å². The minimum atomic E-state index is -0.257. The van der Waals surface area contributed by atoms with Crippen LogP contribution in [0.5, 0.6) is 0 Å². The van der Waals surface area contributed by atoms with E-state index in [2.05, 4.69) is 5.32 Å². The molecule has 1 N–H and O–H groups in total. The number of benzene rings is 1. The first kappa shape index (κ1) is 12.0. The summed E-state index contributed by atoms with van der Waals surface area (Å²) in [5, 5.41) is 3.99. The van der Waals surface area contributed by atoms with E-state index in [9.17, 15) is 4.39 Å². The minimum absolute atomic E-state index is 0.103. The Kier molecular flexibility index (Phi) is 2.87. The molecule has 0 spiro atoms. The van der Waals surface area contributed by atoms with Gasteiger partial charge < -0.3 is 14.2 Å². The fourth-order valence-electron chi connectivity index (χ4n) is 2.38. The molecule has 1 aromatic carbocycles. The predicted molar refractivity (Wildman–Crippen MR) is 70.5 cm³/mol. The zero-order chi connectivity index (χ0) is 13.4. The van der Waals surface area contributed by atoms with Gasteiger partial charge in [0.2, 0.25) is 0 Å². The Morgan fingerprint density at radius 3 is 2.79 bits per heavy atom. The van der Waals surface area contributed by atoms with Crippen LogP contribution in [-0.2, 0) is 0 Å². The van der Waals surface area contributed by atoms with Gasteiger partial charge in [-0.3, -0.25) is 0 Å². The molecule has 19 heavy (non-hydrogen) atoms. The van der Waals surface area contributed by atoms with E-state index in [4.69, 9.17) is 8.83 Å². The molecule has 98 valence electrons. The van der Waals surface area contributed by atoms with Crippen LogP contribution < -0.4 is 5.32 Å². The topological polar surface area (TPSA) is 38.3 Å². The fourth-order valence-corrected chi connectivity index (χ4v) is 2.38. The summed E-state index contributed by atoms with van der Waals surface area (Å²) in [6.45, 7) is 1.94. The molecule has 1 atom stereocenters. The molecule has 0 saturated carbocycles. The Balaban J connectivity index is 2.16. The first-order valence-electron chi connectivity index (χ1n) is 6.08. The van der Waals surface area contributed by atoms with Crippen molar-refractivity contribution in [2.75, 3.05) is 7.05 Å². The first-order chi connectivity index (χ1) is 9.20. The van der Waals surface area contributed by atoms with Gasteiger partial charge in [-0.1, -0.05) is 0 Å². The lowest BCUT2D eigenvalue weighted by atomic mass is 10.0. The lowest BCUT2D eigenvalue weighted by Gasteiger charge is -2.12. The van der Waals surface area contributed by atoms with Crippen molar-refractivity contribution in [1.29, 1.82) is 0 Å². The Morgan fingerprint density at radius 2 is 2.11 bits per heavy atom. The number of rotatable bonds is 3. The summed E-state index contributed by atoms with van der Waals surface area (Å²) in [5.74, 6) is 0.525. The maximum Gasteiger partial charge on any atom is 0.134 e. The molecule has 0 bridgehead atoms. The number of halogens is 1. The number of furan rings is 2. The molecule has 0 radical (unpaired) electrons. The maximum absolute atomic E-state index is 13.3. The predicted octanol–water partition coefficient (Wildman–Crippen LogP) is 3.78. The van der Waals surface area contributed by atoms with Crippen LogP contribution >= 0.6 is 0 Å². The van der Waals surface area contributed by atoms with E-state index in [1.165, 1.54) is 12.1 Å². The number of fused-ring (bicyclic) bond motifs is 1. The van der Waals surface area contributed by atoms with Crippen LogP contribution in [0.3, 0.4) is 0 Å². The van der Waals surface area contributed by atoms with Crippen LogP contribution in [0.15, 0.2) is 45.6 Å². The molecule has 0 saturated heterocycles. The second kappa shape index (κ2) is 4.55. The average molecular weight is 259 g/mol. The highest BCUT2D eigenvalue weighted by atomic mass is 19.1. The highest BCUT2D eigenvalue weighted by Crippen LogP contribution is 2.33. The van der Waals surface area contributed by atoms with E-state index in [0.29, 0.717) is 5.58 Å². The quantitative estimate of drug-likeness (QED) is 0.777. The van der Waals surface area contributed by atoms with E-state index < -0.39 is 0 Å². The summed E-state index contributed by atoms with van der Waals surface area (Å²) in [7, 11) is 1.85. The molecule has 4 heteroatoms. The van der Waals surface area contributed by atoms with Gasteiger partial charge >= 0.3 is 0 Å². The van der Waals surface area contributed by atoms with Crippen LogP contribution in [0.4, 0.5) is 4.39 Å². The van der Waals surface area contributed by atoms with E-state index >= 15 is 0 Å². The molecule has 0 amide bonds. The van der Waals surface area contributed by atoms with Crippen molar-refractivity contribution in [2.45, 2.75) is 13.0 Å². The Hall–Kier alpha value is -2.07. The minimum Gasteiger partial charge on any atom is -0.472 e. The monoisotopic (exact) mass is 259 g/mol. The third-order valence-corrected chi connectivity index (χ3v) is 3.36. The van der Waals surface area contributed by atoms with Gasteiger partial charge in [0.15, 0.2) is 0 Å². The summed E-state index contributed by atoms with van der Waals surface area (Å²) in [6, 6.07) is 6.34. The van der Waals surface area contributed by atoms with Gasteiger partial charge in [-0.15, -0.1) is 0 Å². The second-order valence-electron chi connectivity index (χ2n) is 4.51. The van der Waals surface area contributed by atoms with Crippen molar-refractivity contribution in [2.24, 2.45) is 0 Å². The molecule has 3 nitrogen and oxygen atoms in total. The van der Waals surface area contributed by atoms with Crippen molar-refractivity contribution >= 4 is 11.0 Å². The molecule has 0 fully saturated rings. The second-order valence-corrected chi connectivity index (χ2v) is 4.51. The van der Waals surface area contributed by atoms with Crippen molar-refractivity contribution in [3.05, 3.63) is 59.5 Å². The summed E-state index contributed by atoms with van der Waals surface area (Å²) in [5.41, 5.74) is 2.61. The molecule has 0 aliphatic carbocycles. The Bertz CT molecular complexity index is 700. The summed E-state index contributed by atoms with van der Waals surface area (Å²) in [4.78, 5) is 0. The summed E-state index contributed by atoms with van der Waals surface area (Å²) >= 11 is 0. The van der Waals surface area contributed by atoms with Gasteiger partial charge in [-0.25, -0.2) is 4.39 Å². The zero-order valence-electron chi connectivity index (χ0n) is 10.7. The van der Waals surface area contributed by atoms with Gasteiger partial charge in [-0.05, 0) is 38.2 Å². The van der Waals surface area contributed by atoms with Crippen molar-refractivity contribution in [3.8, 4) is 0 Å². The summed E-state index contributed by atoms with van der Waals surface area (Å²) < 4.78 is 24.3. The van der Waals surface area contributed by atoms with Gasteiger partial charge in [0, 0.05) is 16.5 Å². The molecular formula is C15H14FNO2. The SMILES string of the molecule is CNC(c1ccoc1)c1oc2ccc(F)cc2c1C. The lowest BCUT2D eigenvalue weighted by molar-refractivity contribution is 0.482. The van der Waals surface area contributed by atoms with Crippen LogP contribution in [0.1, 0.15) is 22.9 Å². The van der Waals surface area contributed by atoms with Crippen molar-refractivity contribution in [1.82, 2.24) is 5.32 Å². The van der Waals surface area contributed by atoms with Crippen molar-refractivity contribution in [3.63, 3.8) is 0 Å². The van der Waals surface area contributed by atoms with Crippen LogP contribution in [0, 0.1) is 12.7 Å². The molecule has 2 heterocycles. The van der Waals surface area contributed by atoms with E-state index in [1.54, 1.807) is 18.6 Å². The molecule has 1 unspecified atom stereocenters. The normalized spacial score (nSPS) is 13.0. The van der Waals surface area contributed by atoms with Crippen LogP contribution in [0.2, 0.25) is 0 Å². The fraction of sp³-hybridized carbons (Fsp3) is 0.200. The number of nitrogens with one attached hydrogen (secondary N) is 1. The van der Waals surface area contributed by atoms with Crippen LogP contribution in [0.25, 0.3) is 11.0 Å². The maximum atomic E-state index is 13.3. The van der Waals surface area contributed by atoms with Crippen LogP contribution in [-0.4, -0.2) is 7.05 Å². The lowest BCUT2D eigenvalue weighted by Crippen LogP contribution is -2.17. The third kappa shape index (κ3) is 1.94. The molecule has 3 aromatic rings. The van der Waals surface area contributed by atoms with E-state index in [-0.39, 0.29) is 11.9 Å². The molecule has 0 aliphatic rings. The molecule has 0 aliphatic heterocycles. The van der Waals surface area contributed by atoms with Gasteiger partial charge in [0.25, 0.3) is 0 Å². The molecule has 3 rings (SSSR count). The Labute approximate surface area is 110 Å². The molecule has 2 aromatic heterocycles. The largest absolute Gasteiger partial charge is 0.472 e. The highest BCUT2D eigenvalue weighted by molar-refractivity contribution is 5.82. The smallest absolute Gasteiger partial charge is 0.134 e. The van der Waals surface area contributed by atoms with Gasteiger partial charge in [0.1, 0.15) is 17.2 Å². The number of hydrogen-bond acceptors (Lipinski definition) is 3. The first-order valence-corrected chi connectivity index (χ1v) is 6.08.